The Kier molecular flexibility index (Phi) is 2.56. The molecule has 15 heavy (non-hydrogen) atoms. The highest BCUT2D eigenvalue weighted by Crippen LogP contribution is 2.42. The summed E-state index contributed by atoms with van der Waals surface area (Å²) in [5.74, 6) is 0.243. The van der Waals surface area contributed by atoms with Crippen LogP contribution in [0.4, 0.5) is 0 Å². The summed E-state index contributed by atoms with van der Waals surface area (Å²) in [4.78, 5) is 0.254. The van der Waals surface area contributed by atoms with E-state index in [1.54, 1.807) is 24.3 Å². The summed E-state index contributed by atoms with van der Waals surface area (Å²) in [6.07, 6.45) is 2.51. The van der Waals surface area contributed by atoms with Crippen LogP contribution >= 0.6 is 0 Å². The van der Waals surface area contributed by atoms with Crippen molar-refractivity contribution in [1.29, 1.82) is 0 Å². The lowest BCUT2D eigenvalue weighted by Crippen LogP contribution is -2.08. The minimum absolute atomic E-state index is 0.243. The highest BCUT2D eigenvalue weighted by atomic mass is 32.2. The van der Waals surface area contributed by atoms with Gasteiger partial charge in [0.05, 0.1) is 11.0 Å². The van der Waals surface area contributed by atoms with Crippen molar-refractivity contribution in [2.75, 3.05) is 6.26 Å². The maximum Gasteiger partial charge on any atom is 0.175 e. The molecule has 4 heteroatoms. The number of aliphatic hydroxyl groups excluding tert-OH is 1. The van der Waals surface area contributed by atoms with Crippen molar-refractivity contribution < 1.29 is 13.5 Å². The summed E-state index contributed by atoms with van der Waals surface area (Å²) in [6, 6.07) is 6.69. The Morgan fingerprint density at radius 2 is 1.93 bits per heavy atom. The van der Waals surface area contributed by atoms with Crippen molar-refractivity contribution in [3.8, 4) is 0 Å². The van der Waals surface area contributed by atoms with Crippen LogP contribution in [0.2, 0.25) is 0 Å². The van der Waals surface area contributed by atoms with Crippen LogP contribution in [0.5, 0.6) is 0 Å². The number of benzene rings is 1. The Morgan fingerprint density at radius 1 is 1.33 bits per heavy atom. The summed E-state index contributed by atoms with van der Waals surface area (Å²) < 4.78 is 23.0. The molecule has 2 rings (SSSR count). The largest absolute Gasteiger partial charge is 0.388 e. The fourth-order valence-corrected chi connectivity index (χ4v) is 2.67. The van der Waals surface area contributed by atoms with Crippen molar-refractivity contribution in [3.63, 3.8) is 0 Å². The molecule has 82 valence electrons. The van der Waals surface area contributed by atoms with Gasteiger partial charge in [-0.05, 0) is 30.4 Å². The third-order valence-corrected chi connectivity index (χ3v) is 3.88. The van der Waals surface area contributed by atoms with E-state index in [1.807, 2.05) is 0 Å². The van der Waals surface area contributed by atoms with E-state index in [9.17, 15) is 13.5 Å². The Bertz CT molecular complexity index is 460. The van der Waals surface area contributed by atoms with Crippen LogP contribution in [0.1, 0.15) is 24.5 Å². The zero-order valence-corrected chi connectivity index (χ0v) is 9.37. The molecule has 1 unspecified atom stereocenters. The third-order valence-electron chi connectivity index (χ3n) is 2.71. The molecule has 1 aromatic carbocycles. The van der Waals surface area contributed by atoms with E-state index in [4.69, 9.17) is 0 Å². The molecule has 0 aliphatic heterocycles. The van der Waals surface area contributed by atoms with Crippen molar-refractivity contribution in [1.82, 2.24) is 0 Å². The summed E-state index contributed by atoms with van der Waals surface area (Å²) in [6.45, 7) is 0. The number of hydrogen-bond donors (Lipinski definition) is 1. The van der Waals surface area contributed by atoms with Gasteiger partial charge in [0.15, 0.2) is 9.84 Å². The van der Waals surface area contributed by atoms with Gasteiger partial charge in [0.1, 0.15) is 0 Å². The molecule has 1 fully saturated rings. The molecule has 0 spiro atoms. The number of hydrogen-bond acceptors (Lipinski definition) is 3. The Balaban J connectivity index is 2.46. The van der Waals surface area contributed by atoms with Gasteiger partial charge in [-0.25, -0.2) is 8.42 Å². The van der Waals surface area contributed by atoms with Crippen LogP contribution in [0.15, 0.2) is 29.2 Å². The molecular weight excluding hydrogens is 212 g/mol. The molecule has 0 saturated heterocycles. The van der Waals surface area contributed by atoms with Crippen molar-refractivity contribution in [3.05, 3.63) is 29.8 Å². The Morgan fingerprint density at radius 3 is 2.47 bits per heavy atom. The normalized spacial score (nSPS) is 18.8. The molecular formula is C11H14O3S. The SMILES string of the molecule is CS(=O)(=O)c1ccccc1C(O)C1CC1. The maximum absolute atomic E-state index is 11.5. The van der Waals surface area contributed by atoms with Crippen LogP contribution in [0, 0.1) is 5.92 Å². The van der Waals surface area contributed by atoms with E-state index < -0.39 is 15.9 Å². The predicted octanol–water partition coefficient (Wildman–Crippen LogP) is 1.53. The number of aliphatic hydroxyl groups is 1. The zero-order chi connectivity index (χ0) is 11.1. The standard InChI is InChI=1S/C11H14O3S/c1-15(13,14)10-5-3-2-4-9(10)11(12)8-6-7-8/h2-5,8,11-12H,6-7H2,1H3. The molecule has 0 radical (unpaired) electrons. The van der Waals surface area contributed by atoms with Crippen LogP contribution in [0.3, 0.4) is 0 Å². The first-order valence-electron chi connectivity index (χ1n) is 4.97. The number of rotatable bonds is 3. The van der Waals surface area contributed by atoms with Gasteiger partial charge in [0.2, 0.25) is 0 Å². The van der Waals surface area contributed by atoms with Crippen LogP contribution in [-0.4, -0.2) is 19.8 Å². The average Bonchev–Trinajstić information content (AvgIpc) is 2.98. The quantitative estimate of drug-likeness (QED) is 0.850. The van der Waals surface area contributed by atoms with Gasteiger partial charge in [-0.2, -0.15) is 0 Å². The van der Waals surface area contributed by atoms with Gasteiger partial charge in [-0.15, -0.1) is 0 Å². The van der Waals surface area contributed by atoms with Crippen molar-refractivity contribution >= 4 is 9.84 Å². The molecule has 1 aromatic rings. The van der Waals surface area contributed by atoms with Gasteiger partial charge in [0.25, 0.3) is 0 Å². The smallest absolute Gasteiger partial charge is 0.175 e. The van der Waals surface area contributed by atoms with Crippen LogP contribution < -0.4 is 0 Å². The first kappa shape index (κ1) is 10.6. The number of sulfone groups is 1. The lowest BCUT2D eigenvalue weighted by molar-refractivity contribution is 0.151. The molecule has 1 aliphatic carbocycles. The topological polar surface area (TPSA) is 54.4 Å². The van der Waals surface area contributed by atoms with Gasteiger partial charge in [-0.1, -0.05) is 18.2 Å². The monoisotopic (exact) mass is 226 g/mol. The summed E-state index contributed by atoms with van der Waals surface area (Å²) in [7, 11) is -3.24. The second-order valence-electron chi connectivity index (χ2n) is 4.09. The van der Waals surface area contributed by atoms with Crippen molar-refractivity contribution in [2.45, 2.75) is 23.8 Å². The Labute approximate surface area is 89.7 Å². The maximum atomic E-state index is 11.5. The van der Waals surface area contributed by atoms with Gasteiger partial charge in [0, 0.05) is 6.26 Å². The fraction of sp³-hybridized carbons (Fsp3) is 0.455. The molecule has 0 amide bonds. The molecule has 0 bridgehead atoms. The lowest BCUT2D eigenvalue weighted by Gasteiger charge is -2.13. The molecule has 0 heterocycles. The van der Waals surface area contributed by atoms with Crippen LogP contribution in [-0.2, 0) is 9.84 Å². The molecule has 0 aromatic heterocycles. The van der Waals surface area contributed by atoms with Gasteiger partial charge < -0.3 is 5.11 Å². The highest BCUT2D eigenvalue weighted by molar-refractivity contribution is 7.90. The zero-order valence-electron chi connectivity index (χ0n) is 8.55. The minimum atomic E-state index is -3.24. The third kappa shape index (κ3) is 2.21. The highest BCUT2D eigenvalue weighted by Gasteiger charge is 2.33. The molecule has 1 saturated carbocycles. The average molecular weight is 226 g/mol. The van der Waals surface area contributed by atoms with E-state index >= 15 is 0 Å². The van der Waals surface area contributed by atoms with E-state index in [0.717, 1.165) is 12.8 Å². The summed E-state index contributed by atoms with van der Waals surface area (Å²) in [5.41, 5.74) is 0.544. The van der Waals surface area contributed by atoms with Crippen LogP contribution in [0.25, 0.3) is 0 Å². The molecule has 1 N–H and O–H groups in total. The first-order chi connectivity index (χ1) is 7.00. The fourth-order valence-electron chi connectivity index (χ4n) is 1.73. The second kappa shape index (κ2) is 3.61. The Hall–Kier alpha value is -0.870. The molecule has 1 atom stereocenters. The molecule has 3 nitrogen and oxygen atoms in total. The molecule has 1 aliphatic rings. The summed E-state index contributed by atoms with van der Waals surface area (Å²) in [5, 5.41) is 9.94. The predicted molar refractivity (Wildman–Crippen MR) is 57.2 cm³/mol. The lowest BCUT2D eigenvalue weighted by atomic mass is 10.1. The van der Waals surface area contributed by atoms with E-state index in [-0.39, 0.29) is 10.8 Å². The van der Waals surface area contributed by atoms with Gasteiger partial charge in [-0.3, -0.25) is 0 Å². The minimum Gasteiger partial charge on any atom is -0.388 e. The van der Waals surface area contributed by atoms with E-state index in [2.05, 4.69) is 0 Å². The van der Waals surface area contributed by atoms with E-state index in [0.29, 0.717) is 5.56 Å². The first-order valence-corrected chi connectivity index (χ1v) is 6.86. The van der Waals surface area contributed by atoms with Gasteiger partial charge >= 0.3 is 0 Å². The second-order valence-corrected chi connectivity index (χ2v) is 6.08. The van der Waals surface area contributed by atoms with E-state index in [1.165, 1.54) is 6.26 Å². The van der Waals surface area contributed by atoms with Crippen molar-refractivity contribution in [2.24, 2.45) is 5.92 Å². The summed E-state index contributed by atoms with van der Waals surface area (Å²) >= 11 is 0.